The van der Waals surface area contributed by atoms with Crippen LogP contribution in [0.3, 0.4) is 0 Å². The van der Waals surface area contributed by atoms with Crippen molar-refractivity contribution in [2.75, 3.05) is 13.2 Å². The summed E-state index contributed by atoms with van der Waals surface area (Å²) in [6.07, 6.45) is 0.907. The Kier molecular flexibility index (Phi) is 3.31. The molecule has 0 atom stereocenters. The van der Waals surface area contributed by atoms with E-state index in [2.05, 4.69) is 42.5 Å². The van der Waals surface area contributed by atoms with Crippen LogP contribution in [0.2, 0.25) is 0 Å². The second kappa shape index (κ2) is 5.90. The molecule has 1 N–H and O–H groups in total. The quantitative estimate of drug-likeness (QED) is 0.609. The van der Waals surface area contributed by atoms with Crippen molar-refractivity contribution in [1.82, 2.24) is 0 Å². The summed E-state index contributed by atoms with van der Waals surface area (Å²) in [4.78, 5) is 0. The van der Waals surface area contributed by atoms with Gasteiger partial charge in [0.05, 0.1) is 7.98 Å². The third-order valence-electron chi connectivity index (χ3n) is 4.29. The Morgan fingerprint density at radius 1 is 0.913 bits per heavy atom. The van der Waals surface area contributed by atoms with Gasteiger partial charge in [0.2, 0.25) is 0 Å². The maximum atomic E-state index is 8.85. The van der Waals surface area contributed by atoms with Crippen molar-refractivity contribution in [1.29, 1.82) is 0 Å². The Hall–Kier alpha value is -2.58. The molecule has 0 unspecified atom stereocenters. The molecule has 1 aliphatic carbocycles. The minimum Gasteiger partial charge on any atom is -0.491 e. The molecule has 0 saturated heterocycles. The SMILES string of the molecule is [2H]c1cc(OCCO)ccc1-c1cccc2c1Cc1ccccc1-2. The van der Waals surface area contributed by atoms with Crippen molar-refractivity contribution in [3.63, 3.8) is 0 Å². The summed E-state index contributed by atoms with van der Waals surface area (Å²) in [7, 11) is 0. The van der Waals surface area contributed by atoms with E-state index < -0.39 is 0 Å². The Morgan fingerprint density at radius 2 is 1.74 bits per heavy atom. The van der Waals surface area contributed by atoms with E-state index >= 15 is 0 Å². The molecule has 23 heavy (non-hydrogen) atoms. The molecular formula is C21H18O2. The Morgan fingerprint density at radius 3 is 2.61 bits per heavy atom. The Balaban J connectivity index is 1.77. The standard InChI is InChI=1S/C21H18O2/c22-12-13-23-17-10-8-15(9-11-17)18-6-3-7-20-19-5-2-1-4-16(19)14-21(18)20/h1-11,22H,12-14H2/i8D. The highest BCUT2D eigenvalue weighted by atomic mass is 16.5. The van der Waals surface area contributed by atoms with Gasteiger partial charge in [0, 0.05) is 0 Å². The van der Waals surface area contributed by atoms with E-state index in [0.717, 1.165) is 17.5 Å². The van der Waals surface area contributed by atoms with Crippen molar-refractivity contribution in [3.8, 4) is 28.0 Å². The molecule has 3 aromatic carbocycles. The molecule has 114 valence electrons. The second-order valence-electron chi connectivity index (χ2n) is 5.68. The number of hydrogen-bond acceptors (Lipinski definition) is 2. The van der Waals surface area contributed by atoms with Crippen LogP contribution in [0.1, 0.15) is 12.5 Å². The van der Waals surface area contributed by atoms with Crippen molar-refractivity contribution in [3.05, 3.63) is 77.8 Å². The summed E-state index contributed by atoms with van der Waals surface area (Å²) in [5, 5.41) is 8.85. The normalized spacial score (nSPS) is 12.5. The predicted octanol–water partition coefficient (Wildman–Crippen LogP) is 4.30. The number of fused-ring (bicyclic) bond motifs is 3. The zero-order valence-electron chi connectivity index (χ0n) is 13.8. The number of hydrogen-bond donors (Lipinski definition) is 1. The summed E-state index contributed by atoms with van der Waals surface area (Å²) in [6.45, 7) is 0.217. The van der Waals surface area contributed by atoms with Crippen LogP contribution < -0.4 is 4.74 Å². The smallest absolute Gasteiger partial charge is 0.119 e. The van der Waals surface area contributed by atoms with E-state index in [4.69, 9.17) is 11.2 Å². The molecule has 0 radical (unpaired) electrons. The third-order valence-corrected chi connectivity index (χ3v) is 4.29. The Labute approximate surface area is 137 Å². The first kappa shape index (κ1) is 12.9. The van der Waals surface area contributed by atoms with Gasteiger partial charge in [-0.15, -0.1) is 0 Å². The van der Waals surface area contributed by atoms with Gasteiger partial charge in [-0.25, -0.2) is 0 Å². The summed E-state index contributed by atoms with van der Waals surface area (Å²) >= 11 is 0. The van der Waals surface area contributed by atoms with Crippen molar-refractivity contribution in [2.24, 2.45) is 0 Å². The van der Waals surface area contributed by atoms with E-state index in [-0.39, 0.29) is 13.2 Å². The van der Waals surface area contributed by atoms with Crippen molar-refractivity contribution >= 4 is 0 Å². The average molecular weight is 303 g/mol. The van der Waals surface area contributed by atoms with Crippen molar-refractivity contribution in [2.45, 2.75) is 6.42 Å². The van der Waals surface area contributed by atoms with E-state index in [1.807, 2.05) is 12.1 Å². The van der Waals surface area contributed by atoms with Crippen LogP contribution in [0.4, 0.5) is 0 Å². The maximum Gasteiger partial charge on any atom is 0.119 e. The molecule has 0 spiro atoms. The van der Waals surface area contributed by atoms with Crippen LogP contribution in [0.25, 0.3) is 22.3 Å². The lowest BCUT2D eigenvalue weighted by Crippen LogP contribution is -2.01. The van der Waals surface area contributed by atoms with Gasteiger partial charge in [-0.2, -0.15) is 0 Å². The fraction of sp³-hybridized carbons (Fsp3) is 0.143. The van der Waals surface area contributed by atoms with Gasteiger partial charge in [-0.1, -0.05) is 54.6 Å². The van der Waals surface area contributed by atoms with Gasteiger partial charge in [0.1, 0.15) is 12.4 Å². The number of rotatable bonds is 4. The highest BCUT2D eigenvalue weighted by molar-refractivity contribution is 5.84. The lowest BCUT2D eigenvalue weighted by Gasteiger charge is -2.10. The second-order valence-corrected chi connectivity index (χ2v) is 5.68. The summed E-state index contributed by atoms with van der Waals surface area (Å²) in [6, 6.07) is 20.8. The van der Waals surface area contributed by atoms with E-state index in [1.54, 1.807) is 6.07 Å². The topological polar surface area (TPSA) is 29.5 Å². The zero-order valence-corrected chi connectivity index (χ0v) is 12.8. The molecular weight excluding hydrogens is 284 g/mol. The van der Waals surface area contributed by atoms with Gasteiger partial charge in [-0.3, -0.25) is 0 Å². The largest absolute Gasteiger partial charge is 0.491 e. The van der Waals surface area contributed by atoms with Crippen LogP contribution >= 0.6 is 0 Å². The number of ether oxygens (including phenoxy) is 1. The molecule has 4 rings (SSSR count). The first-order chi connectivity index (χ1) is 11.8. The molecule has 0 bridgehead atoms. The first-order valence-electron chi connectivity index (χ1n) is 8.33. The monoisotopic (exact) mass is 303 g/mol. The van der Waals surface area contributed by atoms with Crippen LogP contribution in [-0.2, 0) is 6.42 Å². The fourth-order valence-electron chi connectivity index (χ4n) is 3.24. The lowest BCUT2D eigenvalue weighted by atomic mass is 9.96. The highest BCUT2D eigenvalue weighted by Crippen LogP contribution is 2.41. The van der Waals surface area contributed by atoms with Gasteiger partial charge in [0.15, 0.2) is 0 Å². The molecule has 1 aliphatic rings. The van der Waals surface area contributed by atoms with Gasteiger partial charge >= 0.3 is 0 Å². The number of benzene rings is 3. The first-order valence-corrected chi connectivity index (χ1v) is 7.83. The summed E-state index contributed by atoms with van der Waals surface area (Å²) < 4.78 is 13.8. The third kappa shape index (κ3) is 2.51. The van der Waals surface area contributed by atoms with Gasteiger partial charge in [-0.05, 0) is 51.9 Å². The maximum absolute atomic E-state index is 8.85. The molecule has 0 saturated carbocycles. The lowest BCUT2D eigenvalue weighted by molar-refractivity contribution is 0.201. The van der Waals surface area contributed by atoms with E-state index in [9.17, 15) is 0 Å². The van der Waals surface area contributed by atoms with E-state index in [0.29, 0.717) is 11.8 Å². The molecule has 2 nitrogen and oxygen atoms in total. The van der Waals surface area contributed by atoms with Crippen LogP contribution in [0, 0.1) is 0 Å². The molecule has 0 aromatic heterocycles. The van der Waals surface area contributed by atoms with Crippen LogP contribution in [-0.4, -0.2) is 18.3 Å². The number of aliphatic hydroxyl groups is 1. The molecule has 0 aliphatic heterocycles. The zero-order chi connectivity index (χ0) is 16.5. The highest BCUT2D eigenvalue weighted by Gasteiger charge is 2.20. The average Bonchev–Trinajstić information content (AvgIpc) is 2.99. The van der Waals surface area contributed by atoms with Gasteiger partial charge < -0.3 is 9.84 Å². The Bertz CT molecular complexity index is 902. The minimum absolute atomic E-state index is 0.0282. The van der Waals surface area contributed by atoms with Crippen LogP contribution in [0.15, 0.2) is 66.7 Å². The van der Waals surface area contributed by atoms with E-state index in [1.165, 1.54) is 22.3 Å². The minimum atomic E-state index is -0.0282. The summed E-state index contributed by atoms with van der Waals surface area (Å²) in [5.74, 6) is 0.619. The van der Waals surface area contributed by atoms with Gasteiger partial charge in [0.25, 0.3) is 0 Å². The molecule has 0 heterocycles. The molecule has 0 amide bonds. The van der Waals surface area contributed by atoms with Crippen molar-refractivity contribution < 1.29 is 11.2 Å². The number of aliphatic hydroxyl groups excluding tert-OH is 1. The molecule has 0 fully saturated rings. The van der Waals surface area contributed by atoms with Crippen LogP contribution in [0.5, 0.6) is 5.75 Å². The molecule has 2 heteroatoms. The summed E-state index contributed by atoms with van der Waals surface area (Å²) in [5.41, 5.74) is 7.22. The predicted molar refractivity (Wildman–Crippen MR) is 92.7 cm³/mol. The fourth-order valence-corrected chi connectivity index (χ4v) is 3.24. The molecule has 3 aromatic rings.